The van der Waals surface area contributed by atoms with Gasteiger partial charge in [-0.1, -0.05) is 23.7 Å². The summed E-state index contributed by atoms with van der Waals surface area (Å²) in [6, 6.07) is 6.54. The number of amides is 1. The minimum atomic E-state index is -0.781. The fourth-order valence-electron chi connectivity index (χ4n) is 2.33. The highest BCUT2D eigenvalue weighted by Gasteiger charge is 2.23. The number of carbonyl (C=O) groups is 1. The standard InChI is InChI=1S/C16H20ClNO3/c1-10(15(19)12-5-7-13(17)8-6-12)18-16(20)14-4-3-9-21-11(14)2/h5-8,10,15,19H,3-4,9H2,1-2H3,(H,18,20). The Morgan fingerprint density at radius 3 is 2.67 bits per heavy atom. The van der Waals surface area contributed by atoms with E-state index in [1.165, 1.54) is 0 Å². The third-order valence-electron chi connectivity index (χ3n) is 3.63. The van der Waals surface area contributed by atoms with Crippen LogP contribution in [0.5, 0.6) is 0 Å². The topological polar surface area (TPSA) is 58.6 Å². The average molecular weight is 310 g/mol. The van der Waals surface area contributed by atoms with Gasteiger partial charge in [-0.15, -0.1) is 0 Å². The van der Waals surface area contributed by atoms with Crippen LogP contribution in [0.1, 0.15) is 38.4 Å². The lowest BCUT2D eigenvalue weighted by atomic mass is 10.0. The average Bonchev–Trinajstić information content (AvgIpc) is 2.47. The molecule has 0 aliphatic carbocycles. The van der Waals surface area contributed by atoms with Crippen molar-refractivity contribution in [3.63, 3.8) is 0 Å². The number of halogens is 1. The van der Waals surface area contributed by atoms with E-state index in [-0.39, 0.29) is 5.91 Å². The van der Waals surface area contributed by atoms with E-state index in [9.17, 15) is 9.90 Å². The van der Waals surface area contributed by atoms with Crippen LogP contribution >= 0.6 is 11.6 Å². The summed E-state index contributed by atoms with van der Waals surface area (Å²) in [6.07, 6.45) is 0.770. The predicted octanol–water partition coefficient (Wildman–Crippen LogP) is 2.96. The zero-order chi connectivity index (χ0) is 15.4. The third-order valence-corrected chi connectivity index (χ3v) is 3.88. The van der Waals surface area contributed by atoms with Crippen molar-refractivity contribution in [2.75, 3.05) is 6.61 Å². The lowest BCUT2D eigenvalue weighted by molar-refractivity contribution is -0.119. The molecule has 5 heteroatoms. The maximum absolute atomic E-state index is 12.2. The number of hydrogen-bond acceptors (Lipinski definition) is 3. The number of rotatable bonds is 4. The molecule has 0 spiro atoms. The van der Waals surface area contributed by atoms with Crippen molar-refractivity contribution in [2.45, 2.75) is 38.8 Å². The molecule has 0 aromatic heterocycles. The first-order chi connectivity index (χ1) is 9.99. The Labute approximate surface area is 129 Å². The Bertz CT molecular complexity index is 539. The zero-order valence-electron chi connectivity index (χ0n) is 12.2. The third kappa shape index (κ3) is 3.99. The number of aliphatic hydroxyl groups is 1. The molecule has 1 aliphatic heterocycles. The van der Waals surface area contributed by atoms with Gasteiger partial charge in [-0.05, 0) is 44.4 Å². The van der Waals surface area contributed by atoms with E-state index in [1.807, 2.05) is 0 Å². The van der Waals surface area contributed by atoms with Gasteiger partial charge in [0.1, 0.15) is 5.76 Å². The van der Waals surface area contributed by atoms with Crippen molar-refractivity contribution >= 4 is 17.5 Å². The largest absolute Gasteiger partial charge is 0.498 e. The van der Waals surface area contributed by atoms with Crippen LogP contribution in [-0.2, 0) is 9.53 Å². The summed E-state index contributed by atoms with van der Waals surface area (Å²) in [5.41, 5.74) is 1.38. The van der Waals surface area contributed by atoms with Crippen LogP contribution in [0.2, 0.25) is 5.02 Å². The lowest BCUT2D eigenvalue weighted by Gasteiger charge is -2.23. The van der Waals surface area contributed by atoms with Crippen molar-refractivity contribution in [1.29, 1.82) is 0 Å². The monoisotopic (exact) mass is 309 g/mol. The number of carbonyl (C=O) groups excluding carboxylic acids is 1. The molecule has 0 fully saturated rings. The van der Waals surface area contributed by atoms with E-state index in [1.54, 1.807) is 38.1 Å². The number of allylic oxidation sites excluding steroid dienone is 1. The molecular weight excluding hydrogens is 290 g/mol. The molecule has 2 atom stereocenters. The van der Waals surface area contributed by atoms with Gasteiger partial charge in [0.25, 0.3) is 5.91 Å². The molecule has 4 nitrogen and oxygen atoms in total. The molecule has 1 aromatic rings. The van der Waals surface area contributed by atoms with E-state index >= 15 is 0 Å². The smallest absolute Gasteiger partial charge is 0.250 e. The van der Waals surface area contributed by atoms with Crippen LogP contribution in [0.4, 0.5) is 0 Å². The fraction of sp³-hybridized carbons (Fsp3) is 0.438. The van der Waals surface area contributed by atoms with Crippen molar-refractivity contribution < 1.29 is 14.6 Å². The second-order valence-corrected chi connectivity index (χ2v) is 5.68. The molecule has 1 amide bonds. The van der Waals surface area contributed by atoms with Gasteiger partial charge in [-0.2, -0.15) is 0 Å². The number of benzene rings is 1. The normalized spacial score (nSPS) is 17.9. The minimum Gasteiger partial charge on any atom is -0.498 e. The predicted molar refractivity (Wildman–Crippen MR) is 81.9 cm³/mol. The fourth-order valence-corrected chi connectivity index (χ4v) is 2.46. The van der Waals surface area contributed by atoms with Crippen LogP contribution in [0, 0.1) is 0 Å². The molecule has 1 aromatic carbocycles. The molecule has 2 unspecified atom stereocenters. The molecule has 1 aliphatic rings. The highest BCUT2D eigenvalue weighted by atomic mass is 35.5. The van der Waals surface area contributed by atoms with E-state index in [0.29, 0.717) is 29.4 Å². The summed E-state index contributed by atoms with van der Waals surface area (Å²) < 4.78 is 5.39. The van der Waals surface area contributed by atoms with Gasteiger partial charge in [0.05, 0.1) is 24.3 Å². The maximum Gasteiger partial charge on any atom is 0.250 e. The summed E-state index contributed by atoms with van der Waals surface area (Å²) in [6.45, 7) is 4.23. The van der Waals surface area contributed by atoms with Crippen molar-refractivity contribution in [3.8, 4) is 0 Å². The molecule has 114 valence electrons. The Hall–Kier alpha value is -1.52. The van der Waals surface area contributed by atoms with Crippen LogP contribution in [0.15, 0.2) is 35.6 Å². The molecule has 0 saturated heterocycles. The van der Waals surface area contributed by atoms with Gasteiger partial charge in [0.15, 0.2) is 0 Å². The first-order valence-electron chi connectivity index (χ1n) is 7.06. The Kier molecular flexibility index (Phi) is 5.26. The van der Waals surface area contributed by atoms with Crippen LogP contribution in [0.3, 0.4) is 0 Å². The van der Waals surface area contributed by atoms with Crippen molar-refractivity contribution in [2.24, 2.45) is 0 Å². The maximum atomic E-state index is 12.2. The van der Waals surface area contributed by atoms with E-state index in [0.717, 1.165) is 12.0 Å². The molecule has 0 saturated carbocycles. The Balaban J connectivity index is 2.01. The van der Waals surface area contributed by atoms with Crippen LogP contribution in [0.25, 0.3) is 0 Å². The molecule has 2 rings (SSSR count). The summed E-state index contributed by atoms with van der Waals surface area (Å²) in [5, 5.41) is 13.7. The molecule has 0 bridgehead atoms. The van der Waals surface area contributed by atoms with Gasteiger partial charge in [0.2, 0.25) is 0 Å². The quantitative estimate of drug-likeness (QED) is 0.899. The summed E-state index contributed by atoms with van der Waals surface area (Å²) in [5.74, 6) is 0.500. The summed E-state index contributed by atoms with van der Waals surface area (Å²) >= 11 is 5.83. The SMILES string of the molecule is CC1=C(C(=O)NC(C)C(O)c2ccc(Cl)cc2)CCCO1. The number of hydrogen-bond donors (Lipinski definition) is 2. The van der Waals surface area contributed by atoms with E-state index in [4.69, 9.17) is 16.3 Å². The van der Waals surface area contributed by atoms with Gasteiger partial charge >= 0.3 is 0 Å². The van der Waals surface area contributed by atoms with Gasteiger partial charge in [-0.25, -0.2) is 0 Å². The summed E-state index contributed by atoms with van der Waals surface area (Å²) in [7, 11) is 0. The van der Waals surface area contributed by atoms with Crippen LogP contribution in [-0.4, -0.2) is 23.7 Å². The van der Waals surface area contributed by atoms with Crippen molar-refractivity contribution in [1.82, 2.24) is 5.32 Å². The molecular formula is C16H20ClNO3. The molecule has 1 heterocycles. The zero-order valence-corrected chi connectivity index (χ0v) is 13.0. The van der Waals surface area contributed by atoms with Gasteiger partial charge in [0, 0.05) is 5.02 Å². The number of ether oxygens (including phenoxy) is 1. The first kappa shape index (κ1) is 15.9. The Morgan fingerprint density at radius 2 is 2.05 bits per heavy atom. The Morgan fingerprint density at radius 1 is 1.38 bits per heavy atom. The van der Waals surface area contributed by atoms with Crippen molar-refractivity contribution in [3.05, 3.63) is 46.2 Å². The van der Waals surface area contributed by atoms with E-state index < -0.39 is 12.1 Å². The van der Waals surface area contributed by atoms with E-state index in [2.05, 4.69) is 5.32 Å². The first-order valence-corrected chi connectivity index (χ1v) is 7.44. The minimum absolute atomic E-state index is 0.173. The lowest BCUT2D eigenvalue weighted by Crippen LogP contribution is -2.38. The summed E-state index contributed by atoms with van der Waals surface area (Å²) in [4.78, 5) is 12.2. The highest BCUT2D eigenvalue weighted by Crippen LogP contribution is 2.22. The molecule has 2 N–H and O–H groups in total. The second-order valence-electron chi connectivity index (χ2n) is 5.25. The molecule has 21 heavy (non-hydrogen) atoms. The molecule has 0 radical (unpaired) electrons. The van der Waals surface area contributed by atoms with Crippen LogP contribution < -0.4 is 5.32 Å². The van der Waals surface area contributed by atoms with Gasteiger partial charge < -0.3 is 15.2 Å². The number of nitrogens with one attached hydrogen (secondary N) is 1. The second kappa shape index (κ2) is 6.96. The highest BCUT2D eigenvalue weighted by molar-refractivity contribution is 6.30. The van der Waals surface area contributed by atoms with Gasteiger partial charge in [-0.3, -0.25) is 4.79 Å². The number of aliphatic hydroxyl groups excluding tert-OH is 1.